The molecule has 1 aliphatic heterocycles. The van der Waals surface area contributed by atoms with Crippen LogP contribution in [-0.4, -0.2) is 26.2 Å². The standard InChI is InChI=1S/C25H18ClNO4S2/c26-19-11-9-16(10-12-19)15-31-20-8-4-5-17(13-20)14-21-23(28)27(25(32)33-21)22(24(29)30)18-6-2-1-3-7-18/h1-14,22H,15H2,(H,29,30)/b21-14+/t22-/m0/s1. The second kappa shape index (κ2) is 10.2. The van der Waals surface area contributed by atoms with Gasteiger partial charge >= 0.3 is 5.97 Å². The van der Waals surface area contributed by atoms with Gasteiger partial charge in [-0.25, -0.2) is 4.79 Å². The Morgan fingerprint density at radius 1 is 1.09 bits per heavy atom. The molecule has 1 heterocycles. The van der Waals surface area contributed by atoms with E-state index in [0.29, 0.717) is 27.8 Å². The summed E-state index contributed by atoms with van der Waals surface area (Å²) in [6.07, 6.45) is 1.69. The van der Waals surface area contributed by atoms with Crippen LogP contribution in [0.4, 0.5) is 0 Å². The summed E-state index contributed by atoms with van der Waals surface area (Å²) in [4.78, 5) is 26.6. The number of benzene rings is 3. The van der Waals surface area contributed by atoms with Gasteiger partial charge in [0.2, 0.25) is 0 Å². The molecule has 0 bridgehead atoms. The molecule has 0 aliphatic carbocycles. The number of thiocarbonyl (C=S) groups is 1. The van der Waals surface area contributed by atoms with E-state index in [1.807, 2.05) is 36.4 Å². The molecule has 0 unspecified atom stereocenters. The molecule has 8 heteroatoms. The van der Waals surface area contributed by atoms with Crippen molar-refractivity contribution in [1.29, 1.82) is 0 Å². The average Bonchev–Trinajstić information content (AvgIpc) is 3.07. The maximum atomic E-state index is 13.1. The molecule has 1 saturated heterocycles. The smallest absolute Gasteiger partial charge is 0.331 e. The minimum atomic E-state index is -1.18. The number of carbonyl (C=O) groups is 2. The van der Waals surface area contributed by atoms with Gasteiger partial charge in [-0.15, -0.1) is 0 Å². The molecule has 33 heavy (non-hydrogen) atoms. The molecule has 3 aromatic carbocycles. The number of amides is 1. The van der Waals surface area contributed by atoms with Gasteiger partial charge in [-0.2, -0.15) is 0 Å². The van der Waals surface area contributed by atoms with Crippen LogP contribution < -0.4 is 4.74 Å². The van der Waals surface area contributed by atoms with Crippen molar-refractivity contribution in [3.05, 3.63) is 105 Å². The van der Waals surface area contributed by atoms with Gasteiger partial charge in [0, 0.05) is 5.02 Å². The molecule has 1 N–H and O–H groups in total. The van der Waals surface area contributed by atoms with Gasteiger partial charge < -0.3 is 9.84 Å². The Hall–Kier alpha value is -3.13. The van der Waals surface area contributed by atoms with Crippen LogP contribution in [0.25, 0.3) is 6.08 Å². The SMILES string of the molecule is O=C(O)[C@H](c1ccccc1)N1C(=O)/C(=C\c2cccc(OCc3ccc(Cl)cc3)c2)SC1=S. The number of carboxylic acid groups (broad SMARTS) is 1. The number of carboxylic acids is 1. The summed E-state index contributed by atoms with van der Waals surface area (Å²) in [5, 5.41) is 10.5. The first-order chi connectivity index (χ1) is 15.9. The third-order valence-corrected chi connectivity index (χ3v) is 6.49. The van der Waals surface area contributed by atoms with Gasteiger partial charge in [0.25, 0.3) is 5.91 Å². The quantitative estimate of drug-likeness (QED) is 0.323. The van der Waals surface area contributed by atoms with Crippen molar-refractivity contribution >= 4 is 57.9 Å². The Morgan fingerprint density at radius 3 is 2.52 bits per heavy atom. The Balaban J connectivity index is 1.53. The molecule has 4 rings (SSSR count). The molecule has 3 aromatic rings. The van der Waals surface area contributed by atoms with Gasteiger partial charge in [-0.3, -0.25) is 9.69 Å². The highest BCUT2D eigenvalue weighted by atomic mass is 35.5. The van der Waals surface area contributed by atoms with E-state index in [1.165, 1.54) is 0 Å². The van der Waals surface area contributed by atoms with Gasteiger partial charge in [0.15, 0.2) is 6.04 Å². The predicted molar refractivity (Wildman–Crippen MR) is 134 cm³/mol. The first-order valence-electron chi connectivity index (χ1n) is 9.94. The van der Waals surface area contributed by atoms with E-state index >= 15 is 0 Å². The van der Waals surface area contributed by atoms with Crippen molar-refractivity contribution in [1.82, 2.24) is 4.90 Å². The molecule has 1 amide bonds. The van der Waals surface area contributed by atoms with Crippen molar-refractivity contribution in [2.45, 2.75) is 12.6 Å². The number of halogens is 1. The number of aliphatic carboxylic acids is 1. The predicted octanol–water partition coefficient (Wildman–Crippen LogP) is 5.95. The van der Waals surface area contributed by atoms with Crippen LogP contribution >= 0.6 is 35.6 Å². The molecule has 0 saturated carbocycles. The summed E-state index contributed by atoms with van der Waals surface area (Å²) in [6.45, 7) is 0.375. The zero-order valence-electron chi connectivity index (χ0n) is 17.2. The lowest BCUT2D eigenvalue weighted by atomic mass is 10.1. The van der Waals surface area contributed by atoms with Crippen molar-refractivity contribution in [3.63, 3.8) is 0 Å². The molecule has 5 nitrogen and oxygen atoms in total. The van der Waals surface area contributed by atoms with Crippen LogP contribution in [0.1, 0.15) is 22.7 Å². The summed E-state index contributed by atoms with van der Waals surface area (Å²) in [5.74, 6) is -0.938. The third-order valence-electron chi connectivity index (χ3n) is 4.91. The summed E-state index contributed by atoms with van der Waals surface area (Å²) < 4.78 is 6.06. The summed E-state index contributed by atoms with van der Waals surface area (Å²) in [7, 11) is 0. The first kappa shape index (κ1) is 23.0. The van der Waals surface area contributed by atoms with Crippen molar-refractivity contribution in [2.75, 3.05) is 0 Å². The number of nitrogens with zero attached hydrogens (tertiary/aromatic N) is 1. The zero-order chi connectivity index (χ0) is 23.4. The second-order valence-corrected chi connectivity index (χ2v) is 9.30. The van der Waals surface area contributed by atoms with E-state index < -0.39 is 17.9 Å². The van der Waals surface area contributed by atoms with Crippen molar-refractivity contribution in [2.24, 2.45) is 0 Å². The van der Waals surface area contributed by atoms with Crippen LogP contribution in [0, 0.1) is 0 Å². The molecule has 1 aliphatic rings. The fourth-order valence-electron chi connectivity index (χ4n) is 3.33. The monoisotopic (exact) mass is 495 g/mol. The van der Waals surface area contributed by atoms with Crippen LogP contribution in [-0.2, 0) is 16.2 Å². The Kier molecular flexibility index (Phi) is 7.13. The van der Waals surface area contributed by atoms with Crippen LogP contribution in [0.3, 0.4) is 0 Å². The Bertz CT molecular complexity index is 1230. The molecule has 0 radical (unpaired) electrons. The largest absolute Gasteiger partial charge is 0.489 e. The van der Waals surface area contributed by atoms with E-state index in [4.69, 9.17) is 28.6 Å². The van der Waals surface area contributed by atoms with Gasteiger partial charge in [0.05, 0.1) is 4.91 Å². The highest BCUT2D eigenvalue weighted by molar-refractivity contribution is 8.26. The van der Waals surface area contributed by atoms with E-state index in [1.54, 1.807) is 48.5 Å². The van der Waals surface area contributed by atoms with Crippen molar-refractivity contribution in [3.8, 4) is 5.75 Å². The lowest BCUT2D eigenvalue weighted by molar-refractivity contribution is -0.145. The molecule has 166 valence electrons. The minimum Gasteiger partial charge on any atom is -0.489 e. The Morgan fingerprint density at radius 2 is 1.82 bits per heavy atom. The lowest BCUT2D eigenvalue weighted by Gasteiger charge is -2.23. The van der Waals surface area contributed by atoms with E-state index in [-0.39, 0.29) is 4.32 Å². The van der Waals surface area contributed by atoms with Crippen LogP contribution in [0.2, 0.25) is 5.02 Å². The summed E-state index contributed by atoms with van der Waals surface area (Å²) in [6, 6.07) is 22.1. The van der Waals surface area contributed by atoms with E-state index in [9.17, 15) is 14.7 Å². The molecule has 0 spiro atoms. The minimum absolute atomic E-state index is 0.206. The van der Waals surface area contributed by atoms with Crippen LogP contribution in [0.15, 0.2) is 83.8 Å². The topological polar surface area (TPSA) is 66.8 Å². The molecule has 1 fully saturated rings. The normalized spacial score (nSPS) is 15.7. The lowest BCUT2D eigenvalue weighted by Crippen LogP contribution is -2.37. The molecular formula is C25H18ClNO4S2. The van der Waals surface area contributed by atoms with Gasteiger partial charge in [-0.05, 0) is 47.0 Å². The van der Waals surface area contributed by atoms with E-state index in [0.717, 1.165) is 27.8 Å². The molecule has 1 atom stereocenters. The molecular weight excluding hydrogens is 478 g/mol. The third kappa shape index (κ3) is 5.45. The summed E-state index contributed by atoms with van der Waals surface area (Å²) >= 11 is 12.4. The number of hydrogen-bond donors (Lipinski definition) is 1. The summed E-state index contributed by atoms with van der Waals surface area (Å²) in [5.41, 5.74) is 2.21. The van der Waals surface area contributed by atoms with Gasteiger partial charge in [-0.1, -0.05) is 90.2 Å². The van der Waals surface area contributed by atoms with Crippen LogP contribution in [0.5, 0.6) is 5.75 Å². The fourth-order valence-corrected chi connectivity index (χ4v) is 4.77. The number of carbonyl (C=O) groups excluding carboxylic acids is 1. The zero-order valence-corrected chi connectivity index (χ0v) is 19.6. The number of rotatable bonds is 7. The van der Waals surface area contributed by atoms with Gasteiger partial charge in [0.1, 0.15) is 16.7 Å². The maximum Gasteiger partial charge on any atom is 0.331 e. The highest BCUT2D eigenvalue weighted by Crippen LogP contribution is 2.38. The number of hydrogen-bond acceptors (Lipinski definition) is 5. The maximum absolute atomic E-state index is 13.1. The number of ether oxygens (including phenoxy) is 1. The second-order valence-electron chi connectivity index (χ2n) is 7.19. The first-order valence-corrected chi connectivity index (χ1v) is 11.5. The highest BCUT2D eigenvalue weighted by Gasteiger charge is 2.41. The number of thioether (sulfide) groups is 1. The average molecular weight is 496 g/mol. The fraction of sp³-hybridized carbons (Fsp3) is 0.0800. The van der Waals surface area contributed by atoms with Crippen molar-refractivity contribution < 1.29 is 19.4 Å². The molecule has 0 aromatic heterocycles. The van der Waals surface area contributed by atoms with E-state index in [2.05, 4.69) is 0 Å². The Labute approximate surface area is 205 Å².